The lowest BCUT2D eigenvalue weighted by atomic mass is 10.2. The van der Waals surface area contributed by atoms with Gasteiger partial charge in [-0.25, -0.2) is 0 Å². The fraction of sp³-hybridized carbons (Fsp3) is 0.929. The maximum atomic E-state index is 11.6. The number of likely N-dealkylation sites (N-methyl/N-ethyl adjacent to an activating group) is 2. The highest BCUT2D eigenvalue weighted by molar-refractivity contribution is 5.75. The number of likely N-dealkylation sites (tertiary alicyclic amines) is 1. The third-order valence-electron chi connectivity index (χ3n) is 3.72. The molecule has 1 unspecified atom stereocenters. The van der Waals surface area contributed by atoms with Crippen LogP contribution in [-0.4, -0.2) is 75.2 Å². The minimum Gasteiger partial charge on any atom is -0.465 e. The molecule has 0 amide bonds. The van der Waals surface area contributed by atoms with Crippen LogP contribution in [0.15, 0.2) is 0 Å². The van der Waals surface area contributed by atoms with E-state index in [1.165, 1.54) is 25.9 Å². The molecular weight excluding hydrogens is 242 g/mol. The van der Waals surface area contributed by atoms with Crippen molar-refractivity contribution in [3.63, 3.8) is 0 Å². The van der Waals surface area contributed by atoms with Crippen molar-refractivity contribution in [1.82, 2.24) is 15.1 Å². The second-order valence-electron chi connectivity index (χ2n) is 5.23. The average molecular weight is 271 g/mol. The molecule has 1 atom stereocenters. The van der Waals surface area contributed by atoms with Gasteiger partial charge >= 0.3 is 5.97 Å². The summed E-state index contributed by atoms with van der Waals surface area (Å²) in [7, 11) is 3.93. The van der Waals surface area contributed by atoms with Crippen molar-refractivity contribution in [2.75, 3.05) is 53.4 Å². The summed E-state index contributed by atoms with van der Waals surface area (Å²) in [5, 5.41) is 3.03. The second kappa shape index (κ2) is 9.28. The molecule has 0 aliphatic carbocycles. The minimum absolute atomic E-state index is 0.141. The van der Waals surface area contributed by atoms with Crippen LogP contribution < -0.4 is 5.32 Å². The molecule has 19 heavy (non-hydrogen) atoms. The number of carbonyl (C=O) groups is 1. The van der Waals surface area contributed by atoms with Crippen molar-refractivity contribution in [2.24, 2.45) is 0 Å². The summed E-state index contributed by atoms with van der Waals surface area (Å²) in [6, 6.07) is -0.186. The largest absolute Gasteiger partial charge is 0.465 e. The van der Waals surface area contributed by atoms with Gasteiger partial charge in [0, 0.05) is 13.1 Å². The van der Waals surface area contributed by atoms with E-state index in [9.17, 15) is 4.79 Å². The Morgan fingerprint density at radius 1 is 1.37 bits per heavy atom. The topological polar surface area (TPSA) is 44.8 Å². The predicted molar refractivity (Wildman–Crippen MR) is 77.3 cm³/mol. The Labute approximate surface area is 117 Å². The predicted octanol–water partition coefficient (Wildman–Crippen LogP) is 0.555. The second-order valence-corrected chi connectivity index (χ2v) is 5.23. The van der Waals surface area contributed by atoms with Crippen LogP contribution in [0, 0.1) is 0 Å². The van der Waals surface area contributed by atoms with E-state index in [4.69, 9.17) is 4.74 Å². The normalized spacial score (nSPS) is 17.9. The smallest absolute Gasteiger partial charge is 0.323 e. The van der Waals surface area contributed by atoms with Crippen molar-refractivity contribution in [3.05, 3.63) is 0 Å². The summed E-state index contributed by atoms with van der Waals surface area (Å²) in [5.41, 5.74) is 0. The molecule has 112 valence electrons. The number of esters is 1. The summed E-state index contributed by atoms with van der Waals surface area (Å²) in [4.78, 5) is 16.4. The SMILES string of the molecule is CCOC(=O)C(CCN(C)CCN1CCCC1)NC. The number of carbonyl (C=O) groups excluding carboxylic acids is 1. The van der Waals surface area contributed by atoms with Crippen LogP contribution in [0.25, 0.3) is 0 Å². The molecule has 0 radical (unpaired) electrons. The highest BCUT2D eigenvalue weighted by Crippen LogP contribution is 2.06. The lowest BCUT2D eigenvalue weighted by Crippen LogP contribution is -2.39. The maximum Gasteiger partial charge on any atom is 0.323 e. The quantitative estimate of drug-likeness (QED) is 0.621. The fourth-order valence-electron chi connectivity index (χ4n) is 2.40. The van der Waals surface area contributed by atoms with E-state index >= 15 is 0 Å². The van der Waals surface area contributed by atoms with E-state index < -0.39 is 0 Å². The van der Waals surface area contributed by atoms with Crippen LogP contribution in [0.5, 0.6) is 0 Å². The van der Waals surface area contributed by atoms with E-state index in [-0.39, 0.29) is 12.0 Å². The lowest BCUT2D eigenvalue weighted by Gasteiger charge is -2.23. The number of ether oxygens (including phenoxy) is 1. The third-order valence-corrected chi connectivity index (χ3v) is 3.72. The molecule has 1 rings (SSSR count). The number of hydrogen-bond acceptors (Lipinski definition) is 5. The molecule has 0 saturated carbocycles. The first-order chi connectivity index (χ1) is 9.17. The Balaban J connectivity index is 2.15. The van der Waals surface area contributed by atoms with Gasteiger partial charge in [0.25, 0.3) is 0 Å². The molecule has 0 aromatic rings. The summed E-state index contributed by atoms with van der Waals surface area (Å²) < 4.78 is 5.04. The van der Waals surface area contributed by atoms with Crippen molar-refractivity contribution in [2.45, 2.75) is 32.2 Å². The first-order valence-corrected chi connectivity index (χ1v) is 7.42. The minimum atomic E-state index is -0.186. The van der Waals surface area contributed by atoms with Gasteiger partial charge in [-0.2, -0.15) is 0 Å². The van der Waals surface area contributed by atoms with Gasteiger partial charge in [0.2, 0.25) is 0 Å². The number of rotatable bonds is 9. The number of hydrogen-bond donors (Lipinski definition) is 1. The van der Waals surface area contributed by atoms with Crippen molar-refractivity contribution >= 4 is 5.97 Å². The molecule has 1 fully saturated rings. The molecule has 0 aromatic carbocycles. The molecule has 0 bridgehead atoms. The van der Waals surface area contributed by atoms with E-state index in [2.05, 4.69) is 22.2 Å². The zero-order chi connectivity index (χ0) is 14.1. The van der Waals surface area contributed by atoms with Crippen LogP contribution in [0.4, 0.5) is 0 Å². The van der Waals surface area contributed by atoms with Crippen LogP contribution >= 0.6 is 0 Å². The van der Waals surface area contributed by atoms with E-state index in [0.717, 1.165) is 26.1 Å². The molecule has 1 saturated heterocycles. The molecule has 5 heteroatoms. The summed E-state index contributed by atoms with van der Waals surface area (Å²) in [6.45, 7) is 7.90. The standard InChI is InChI=1S/C14H29N3O2/c1-4-19-14(18)13(15-2)7-10-16(3)11-12-17-8-5-6-9-17/h13,15H,4-12H2,1-3H3. The molecule has 1 N–H and O–H groups in total. The Hall–Kier alpha value is -0.650. The van der Waals surface area contributed by atoms with Crippen LogP contribution in [0.2, 0.25) is 0 Å². The van der Waals surface area contributed by atoms with Crippen molar-refractivity contribution in [3.8, 4) is 0 Å². The lowest BCUT2D eigenvalue weighted by molar-refractivity contribution is -0.145. The van der Waals surface area contributed by atoms with E-state index in [1.807, 2.05) is 14.0 Å². The Kier molecular flexibility index (Phi) is 8.02. The highest BCUT2D eigenvalue weighted by Gasteiger charge is 2.18. The van der Waals surface area contributed by atoms with E-state index in [0.29, 0.717) is 6.61 Å². The number of nitrogens with one attached hydrogen (secondary N) is 1. The van der Waals surface area contributed by atoms with Gasteiger partial charge in [-0.1, -0.05) is 0 Å². The van der Waals surface area contributed by atoms with Crippen LogP contribution in [0.1, 0.15) is 26.2 Å². The Morgan fingerprint density at radius 2 is 2.05 bits per heavy atom. The molecule has 1 aliphatic rings. The molecule has 5 nitrogen and oxygen atoms in total. The van der Waals surface area contributed by atoms with Gasteiger partial charge in [-0.15, -0.1) is 0 Å². The van der Waals surface area contributed by atoms with Crippen LogP contribution in [-0.2, 0) is 9.53 Å². The number of nitrogens with zero attached hydrogens (tertiary/aromatic N) is 2. The summed E-state index contributed by atoms with van der Waals surface area (Å²) in [5.74, 6) is -0.141. The first kappa shape index (κ1) is 16.4. The Bertz CT molecular complexity index is 255. The van der Waals surface area contributed by atoms with Crippen LogP contribution in [0.3, 0.4) is 0 Å². The Morgan fingerprint density at radius 3 is 2.63 bits per heavy atom. The third kappa shape index (κ3) is 6.36. The molecule has 1 heterocycles. The van der Waals surface area contributed by atoms with Gasteiger partial charge in [0.15, 0.2) is 0 Å². The van der Waals surface area contributed by atoms with E-state index in [1.54, 1.807) is 0 Å². The van der Waals surface area contributed by atoms with Gasteiger partial charge in [0.05, 0.1) is 6.61 Å². The van der Waals surface area contributed by atoms with Crippen molar-refractivity contribution in [1.29, 1.82) is 0 Å². The first-order valence-electron chi connectivity index (χ1n) is 7.42. The molecule has 1 aliphatic heterocycles. The molecule has 0 spiro atoms. The zero-order valence-corrected chi connectivity index (χ0v) is 12.7. The van der Waals surface area contributed by atoms with Crippen molar-refractivity contribution < 1.29 is 9.53 Å². The highest BCUT2D eigenvalue weighted by atomic mass is 16.5. The summed E-state index contributed by atoms with van der Waals surface area (Å²) in [6.07, 6.45) is 3.48. The van der Waals surface area contributed by atoms with Gasteiger partial charge in [-0.3, -0.25) is 4.79 Å². The fourth-order valence-corrected chi connectivity index (χ4v) is 2.40. The molecule has 0 aromatic heterocycles. The average Bonchev–Trinajstić information content (AvgIpc) is 2.90. The zero-order valence-electron chi connectivity index (χ0n) is 12.7. The maximum absolute atomic E-state index is 11.6. The monoisotopic (exact) mass is 271 g/mol. The van der Waals surface area contributed by atoms with Gasteiger partial charge in [-0.05, 0) is 59.9 Å². The van der Waals surface area contributed by atoms with Gasteiger partial charge in [0.1, 0.15) is 6.04 Å². The summed E-state index contributed by atoms with van der Waals surface area (Å²) >= 11 is 0. The van der Waals surface area contributed by atoms with Gasteiger partial charge < -0.3 is 19.9 Å². The molecular formula is C14H29N3O2.